The van der Waals surface area contributed by atoms with E-state index in [0.717, 1.165) is 48.3 Å². The van der Waals surface area contributed by atoms with Crippen LogP contribution in [0.4, 0.5) is 0 Å². The van der Waals surface area contributed by atoms with Crippen molar-refractivity contribution in [3.8, 4) is 11.5 Å². The highest BCUT2D eigenvalue weighted by atomic mass is 16.7. The first-order chi connectivity index (χ1) is 19.6. The topological polar surface area (TPSA) is 89.5 Å². The maximum absolute atomic E-state index is 12.4. The molecule has 0 aliphatic carbocycles. The van der Waals surface area contributed by atoms with Crippen LogP contribution >= 0.6 is 0 Å². The van der Waals surface area contributed by atoms with E-state index in [0.29, 0.717) is 13.2 Å². The molecule has 2 aromatic rings. The molecule has 4 rings (SSSR count). The van der Waals surface area contributed by atoms with Crippen LogP contribution < -0.4 is 9.47 Å². The van der Waals surface area contributed by atoms with E-state index in [1.807, 2.05) is 48.5 Å². The summed E-state index contributed by atoms with van der Waals surface area (Å²) >= 11 is 0. The highest BCUT2D eigenvalue weighted by molar-refractivity contribution is 5.87. The Labute approximate surface area is 235 Å². The monoisotopic (exact) mass is 550 g/mol. The van der Waals surface area contributed by atoms with E-state index < -0.39 is 36.4 Å². The highest BCUT2D eigenvalue weighted by Crippen LogP contribution is 2.31. The number of benzene rings is 2. The van der Waals surface area contributed by atoms with E-state index in [4.69, 9.17) is 28.4 Å². The zero-order chi connectivity index (χ0) is 28.2. The predicted octanol–water partition coefficient (Wildman–Crippen LogP) is 5.39. The lowest BCUT2D eigenvalue weighted by Crippen LogP contribution is -2.35. The van der Waals surface area contributed by atoms with Gasteiger partial charge in [-0.2, -0.15) is 0 Å². The van der Waals surface area contributed by atoms with Gasteiger partial charge in [-0.15, -0.1) is 0 Å². The number of carbonyl (C=O) groups excluding carboxylic acids is 2. The molecule has 2 fully saturated rings. The minimum Gasteiger partial charge on any atom is -0.494 e. The van der Waals surface area contributed by atoms with Crippen LogP contribution in [0.1, 0.15) is 50.7 Å². The third-order valence-corrected chi connectivity index (χ3v) is 6.61. The highest BCUT2D eigenvalue weighted by Gasteiger charge is 2.51. The quantitative estimate of drug-likeness (QED) is 0.176. The van der Waals surface area contributed by atoms with Crippen LogP contribution in [0.5, 0.6) is 11.5 Å². The van der Waals surface area contributed by atoms with Crippen molar-refractivity contribution in [3.63, 3.8) is 0 Å². The molecule has 214 valence electrons. The fourth-order valence-electron chi connectivity index (χ4n) is 4.36. The second-order valence-electron chi connectivity index (χ2n) is 9.76. The maximum Gasteiger partial charge on any atom is 0.331 e. The number of unbranched alkanes of at least 4 members (excludes halogenated alkanes) is 2. The average Bonchev–Trinajstić information content (AvgIpc) is 3.55. The summed E-state index contributed by atoms with van der Waals surface area (Å²) in [5, 5.41) is 0. The van der Waals surface area contributed by atoms with Crippen molar-refractivity contribution in [2.45, 2.75) is 63.9 Å². The van der Waals surface area contributed by atoms with E-state index in [-0.39, 0.29) is 13.2 Å². The predicted molar refractivity (Wildman–Crippen MR) is 151 cm³/mol. The van der Waals surface area contributed by atoms with Crippen molar-refractivity contribution in [2.24, 2.45) is 0 Å². The molecule has 0 amide bonds. The van der Waals surface area contributed by atoms with Crippen molar-refractivity contribution in [3.05, 3.63) is 71.8 Å². The SMILES string of the molecule is CCCCOc1ccc(/C=C/C(=O)O[C@H]2CO[C@H]3[C@@H]2OC[C@H]3OC(=O)/C=C/c2ccc(OCCCC)cc2)cc1. The Balaban J connectivity index is 1.20. The van der Waals surface area contributed by atoms with E-state index in [1.54, 1.807) is 12.2 Å². The zero-order valence-corrected chi connectivity index (χ0v) is 23.2. The van der Waals surface area contributed by atoms with Crippen LogP contribution in [0.3, 0.4) is 0 Å². The smallest absolute Gasteiger partial charge is 0.331 e. The second kappa shape index (κ2) is 15.2. The Morgan fingerprint density at radius 3 is 1.48 bits per heavy atom. The molecule has 8 nitrogen and oxygen atoms in total. The molecule has 0 aromatic heterocycles. The molecule has 2 aliphatic rings. The lowest BCUT2D eigenvalue weighted by Gasteiger charge is -2.16. The fourth-order valence-corrected chi connectivity index (χ4v) is 4.36. The van der Waals surface area contributed by atoms with Gasteiger partial charge in [0.2, 0.25) is 0 Å². The molecule has 2 saturated heterocycles. The first-order valence-electron chi connectivity index (χ1n) is 14.0. The normalized spacial score (nSPS) is 21.9. The Bertz CT molecular complexity index is 1050. The molecular formula is C32H38O8. The van der Waals surface area contributed by atoms with Gasteiger partial charge in [0, 0.05) is 12.2 Å². The van der Waals surface area contributed by atoms with Crippen LogP contribution in [-0.2, 0) is 28.5 Å². The first-order valence-corrected chi connectivity index (χ1v) is 14.0. The molecule has 2 heterocycles. The lowest BCUT2D eigenvalue weighted by atomic mass is 10.1. The van der Waals surface area contributed by atoms with Gasteiger partial charge in [0.15, 0.2) is 12.2 Å². The van der Waals surface area contributed by atoms with Gasteiger partial charge in [-0.3, -0.25) is 0 Å². The second-order valence-corrected chi connectivity index (χ2v) is 9.76. The summed E-state index contributed by atoms with van der Waals surface area (Å²) in [5.74, 6) is 0.610. The van der Waals surface area contributed by atoms with Crippen molar-refractivity contribution in [1.29, 1.82) is 0 Å². The van der Waals surface area contributed by atoms with E-state index in [1.165, 1.54) is 12.2 Å². The molecule has 4 atom stereocenters. The molecule has 0 unspecified atom stereocenters. The van der Waals surface area contributed by atoms with Gasteiger partial charge in [-0.1, -0.05) is 51.0 Å². The number of fused-ring (bicyclic) bond motifs is 1. The van der Waals surface area contributed by atoms with Gasteiger partial charge >= 0.3 is 11.9 Å². The summed E-state index contributed by atoms with van der Waals surface area (Å²) in [6.45, 7) is 5.96. The Morgan fingerprint density at radius 1 is 0.700 bits per heavy atom. The van der Waals surface area contributed by atoms with Crippen LogP contribution in [-0.4, -0.2) is 62.8 Å². The fraction of sp³-hybridized carbons (Fsp3) is 0.438. The van der Waals surface area contributed by atoms with E-state index >= 15 is 0 Å². The molecule has 40 heavy (non-hydrogen) atoms. The number of rotatable bonds is 14. The molecule has 0 bridgehead atoms. The summed E-state index contributed by atoms with van der Waals surface area (Å²) in [4.78, 5) is 24.8. The molecule has 8 heteroatoms. The standard InChI is InChI=1S/C32H38O8/c1-3-5-19-35-25-13-7-23(8-14-25)11-17-29(33)39-27-21-37-32-28(22-38-31(27)32)40-30(34)18-12-24-9-15-26(16-10-24)36-20-6-4-2/h7-18,27-28,31-32H,3-6,19-22H2,1-2H3/b17-11+,18-12+/t27-,28+,31-,32-/m1/s1. The van der Waals surface area contributed by atoms with E-state index in [9.17, 15) is 9.59 Å². The van der Waals surface area contributed by atoms with Crippen molar-refractivity contribution in [2.75, 3.05) is 26.4 Å². The molecule has 0 spiro atoms. The number of hydrogen-bond acceptors (Lipinski definition) is 8. The summed E-state index contributed by atoms with van der Waals surface area (Å²) in [6.07, 6.45) is 8.18. The number of esters is 2. The average molecular weight is 551 g/mol. The molecule has 2 aromatic carbocycles. The van der Waals surface area contributed by atoms with Crippen LogP contribution in [0, 0.1) is 0 Å². The zero-order valence-electron chi connectivity index (χ0n) is 23.2. The van der Waals surface area contributed by atoms with Crippen LogP contribution in [0.25, 0.3) is 12.2 Å². The van der Waals surface area contributed by atoms with Gasteiger partial charge in [0.05, 0.1) is 26.4 Å². The summed E-state index contributed by atoms with van der Waals surface area (Å²) in [7, 11) is 0. The third kappa shape index (κ3) is 8.69. The van der Waals surface area contributed by atoms with Crippen molar-refractivity contribution >= 4 is 24.1 Å². The lowest BCUT2D eigenvalue weighted by molar-refractivity contribution is -0.149. The minimum atomic E-state index is -0.575. The minimum absolute atomic E-state index is 0.176. The van der Waals surface area contributed by atoms with Gasteiger partial charge in [0.1, 0.15) is 23.7 Å². The van der Waals surface area contributed by atoms with Crippen molar-refractivity contribution in [1.82, 2.24) is 0 Å². The van der Waals surface area contributed by atoms with E-state index in [2.05, 4.69) is 13.8 Å². The van der Waals surface area contributed by atoms with Crippen LogP contribution in [0.2, 0.25) is 0 Å². The number of ether oxygens (including phenoxy) is 6. The molecule has 2 aliphatic heterocycles. The number of hydrogen-bond donors (Lipinski definition) is 0. The summed E-state index contributed by atoms with van der Waals surface area (Å²) in [6, 6.07) is 15.0. The van der Waals surface area contributed by atoms with Crippen molar-refractivity contribution < 1.29 is 38.0 Å². The van der Waals surface area contributed by atoms with Gasteiger partial charge < -0.3 is 28.4 Å². The summed E-state index contributed by atoms with van der Waals surface area (Å²) in [5.41, 5.74) is 1.71. The molecule has 0 radical (unpaired) electrons. The van der Waals surface area contributed by atoms with Gasteiger partial charge in [-0.25, -0.2) is 9.59 Å². The van der Waals surface area contributed by atoms with Crippen LogP contribution in [0.15, 0.2) is 60.7 Å². The molecular weight excluding hydrogens is 512 g/mol. The Morgan fingerprint density at radius 2 is 1.10 bits per heavy atom. The largest absolute Gasteiger partial charge is 0.494 e. The molecule has 0 N–H and O–H groups in total. The Hall–Kier alpha value is -3.62. The van der Waals surface area contributed by atoms with Gasteiger partial charge in [0.25, 0.3) is 0 Å². The first kappa shape index (κ1) is 29.4. The third-order valence-electron chi connectivity index (χ3n) is 6.61. The summed E-state index contributed by atoms with van der Waals surface area (Å²) < 4.78 is 34.0. The van der Waals surface area contributed by atoms with Gasteiger partial charge in [-0.05, 0) is 60.4 Å². The molecule has 0 saturated carbocycles. The Kier molecular flexibility index (Phi) is 11.2. The number of carbonyl (C=O) groups is 2. The maximum atomic E-state index is 12.4.